The first-order valence-corrected chi connectivity index (χ1v) is 6.66. The highest BCUT2D eigenvalue weighted by atomic mass is 16.1. The topological polar surface area (TPSA) is 34.1 Å². The molecule has 0 spiro atoms. The molecule has 18 heavy (non-hydrogen) atoms. The van der Waals surface area contributed by atoms with Crippen LogP contribution in [-0.4, -0.2) is 11.6 Å². The Hall–Kier alpha value is -1.44. The van der Waals surface area contributed by atoms with Crippen molar-refractivity contribution >= 4 is 11.6 Å². The van der Waals surface area contributed by atoms with Crippen molar-refractivity contribution in [2.75, 3.05) is 0 Å². The smallest absolute Gasteiger partial charge is 0.155 e. The molecule has 0 N–H and O–H groups in total. The second-order valence-corrected chi connectivity index (χ2v) is 3.48. The van der Waals surface area contributed by atoms with Gasteiger partial charge in [-0.15, -0.1) is 0 Å². The Morgan fingerprint density at radius 3 is 1.22 bits per heavy atom. The van der Waals surface area contributed by atoms with Crippen molar-refractivity contribution < 1.29 is 9.59 Å². The van der Waals surface area contributed by atoms with Crippen LogP contribution in [0.4, 0.5) is 0 Å². The van der Waals surface area contributed by atoms with Gasteiger partial charge in [0, 0.05) is 12.8 Å². The summed E-state index contributed by atoms with van der Waals surface area (Å²) < 4.78 is 0. The lowest BCUT2D eigenvalue weighted by Crippen LogP contribution is -1.80. The Balaban J connectivity index is 0. The molecule has 0 saturated carbocycles. The Labute approximate surface area is 111 Å². The molecular formula is C16H26O2. The van der Waals surface area contributed by atoms with E-state index in [2.05, 4.69) is 0 Å². The van der Waals surface area contributed by atoms with E-state index in [1.54, 1.807) is 12.2 Å². The molecular weight excluding hydrogens is 224 g/mol. The van der Waals surface area contributed by atoms with Crippen LogP contribution in [0.2, 0.25) is 0 Å². The maximum absolute atomic E-state index is 10.2. The fourth-order valence-electron chi connectivity index (χ4n) is 1.05. The molecule has 2 rings (SSSR count). The third kappa shape index (κ3) is 14.6. The Morgan fingerprint density at radius 2 is 1.17 bits per heavy atom. The zero-order valence-electron chi connectivity index (χ0n) is 12.1. The fraction of sp³-hybridized carbons (Fsp3) is 0.500. The number of carbonyl (C=O) groups is 2. The zero-order valence-corrected chi connectivity index (χ0v) is 12.1. The quantitative estimate of drug-likeness (QED) is 0.596. The summed E-state index contributed by atoms with van der Waals surface area (Å²) in [5.41, 5.74) is 0. The summed E-state index contributed by atoms with van der Waals surface area (Å²) in [6.45, 7) is 8.00. The van der Waals surface area contributed by atoms with E-state index in [1.807, 2.05) is 52.0 Å². The molecule has 0 fully saturated rings. The van der Waals surface area contributed by atoms with Gasteiger partial charge in [-0.3, -0.25) is 9.59 Å². The second kappa shape index (κ2) is 15.6. The molecule has 0 atom stereocenters. The molecule has 0 heterocycles. The number of rotatable bonds is 0. The molecule has 2 nitrogen and oxygen atoms in total. The number of hydrogen-bond acceptors (Lipinski definition) is 2. The summed E-state index contributed by atoms with van der Waals surface area (Å²) >= 11 is 0. The second-order valence-electron chi connectivity index (χ2n) is 3.48. The monoisotopic (exact) mass is 250 g/mol. The molecule has 0 bridgehead atoms. The van der Waals surface area contributed by atoms with Gasteiger partial charge in [0.05, 0.1) is 0 Å². The summed E-state index contributed by atoms with van der Waals surface area (Å²) in [7, 11) is 0. The molecule has 0 radical (unpaired) electrons. The van der Waals surface area contributed by atoms with Crippen LogP contribution in [0.25, 0.3) is 0 Å². The lowest BCUT2D eigenvalue weighted by molar-refractivity contribution is -0.114. The van der Waals surface area contributed by atoms with Gasteiger partial charge in [-0.1, -0.05) is 38.2 Å². The summed E-state index contributed by atoms with van der Waals surface area (Å²) in [5.74, 6) is 0.546. The zero-order chi connectivity index (χ0) is 14.2. The van der Waals surface area contributed by atoms with Gasteiger partial charge in [0.1, 0.15) is 0 Å². The predicted molar refractivity (Wildman–Crippen MR) is 78.6 cm³/mol. The third-order valence-electron chi connectivity index (χ3n) is 2.06. The third-order valence-corrected chi connectivity index (χ3v) is 2.06. The van der Waals surface area contributed by atoms with Crippen LogP contribution in [-0.2, 0) is 9.59 Å². The molecule has 2 aliphatic carbocycles. The molecule has 0 aromatic carbocycles. The number of ketones is 2. The Bertz CT molecular complexity index is 266. The van der Waals surface area contributed by atoms with Crippen LogP contribution in [0.5, 0.6) is 0 Å². The maximum atomic E-state index is 10.2. The minimum atomic E-state index is 0.273. The minimum Gasteiger partial charge on any atom is -0.295 e. The van der Waals surface area contributed by atoms with Crippen LogP contribution in [0.15, 0.2) is 36.5 Å². The lowest BCUT2D eigenvalue weighted by atomic mass is 10.3. The summed E-state index contributed by atoms with van der Waals surface area (Å²) in [5, 5.41) is 0. The first kappa shape index (κ1) is 18.9. The Kier molecular flexibility index (Phi) is 16.3. The van der Waals surface area contributed by atoms with E-state index in [0.717, 1.165) is 25.7 Å². The SMILES string of the molecule is C/C=C/C.CC.O=C1C=CCC1.O=C1C=CCC1. The summed E-state index contributed by atoms with van der Waals surface area (Å²) in [6, 6.07) is 0. The normalized spacial score (nSPS) is 15.6. The highest BCUT2D eigenvalue weighted by molar-refractivity contribution is 5.92. The largest absolute Gasteiger partial charge is 0.295 e. The maximum Gasteiger partial charge on any atom is 0.155 e. The molecule has 102 valence electrons. The predicted octanol–water partition coefficient (Wildman–Crippen LogP) is 4.42. The summed E-state index contributed by atoms with van der Waals surface area (Å²) in [6.07, 6.45) is 14.5. The molecule has 0 saturated heterocycles. The van der Waals surface area contributed by atoms with E-state index in [0.29, 0.717) is 0 Å². The molecule has 0 aromatic heterocycles. The van der Waals surface area contributed by atoms with Gasteiger partial charge in [0.15, 0.2) is 11.6 Å². The van der Waals surface area contributed by atoms with Crippen molar-refractivity contribution in [3.8, 4) is 0 Å². The molecule has 0 aromatic rings. The van der Waals surface area contributed by atoms with E-state index in [-0.39, 0.29) is 11.6 Å². The molecule has 2 aliphatic rings. The van der Waals surface area contributed by atoms with E-state index >= 15 is 0 Å². The van der Waals surface area contributed by atoms with Crippen LogP contribution < -0.4 is 0 Å². The van der Waals surface area contributed by atoms with Gasteiger partial charge in [-0.05, 0) is 38.8 Å². The first-order chi connectivity index (χ1) is 8.70. The van der Waals surface area contributed by atoms with Gasteiger partial charge in [-0.25, -0.2) is 0 Å². The molecule has 0 aliphatic heterocycles. The number of allylic oxidation sites excluding steroid dienone is 6. The number of carbonyl (C=O) groups excluding carboxylic acids is 2. The van der Waals surface area contributed by atoms with Gasteiger partial charge >= 0.3 is 0 Å². The van der Waals surface area contributed by atoms with Crippen LogP contribution >= 0.6 is 0 Å². The average molecular weight is 250 g/mol. The molecule has 2 heteroatoms. The van der Waals surface area contributed by atoms with Crippen LogP contribution in [0, 0.1) is 0 Å². The van der Waals surface area contributed by atoms with E-state index in [1.165, 1.54) is 0 Å². The standard InChI is InChI=1S/2C5H6O.C4H8.C2H6/c2*6-5-3-1-2-4-5;1-3-4-2;1-2/h2*1,3H,2,4H2;3-4H,1-2H3;1-2H3/b;;4-3+;. The highest BCUT2D eigenvalue weighted by Gasteiger charge is 1.99. The van der Waals surface area contributed by atoms with Crippen LogP contribution in [0.3, 0.4) is 0 Å². The van der Waals surface area contributed by atoms with Gasteiger partial charge < -0.3 is 0 Å². The van der Waals surface area contributed by atoms with E-state index < -0.39 is 0 Å². The minimum absolute atomic E-state index is 0.273. The fourth-order valence-corrected chi connectivity index (χ4v) is 1.05. The van der Waals surface area contributed by atoms with Gasteiger partial charge in [-0.2, -0.15) is 0 Å². The summed E-state index contributed by atoms with van der Waals surface area (Å²) in [4.78, 5) is 20.3. The molecule has 0 amide bonds. The van der Waals surface area contributed by atoms with Gasteiger partial charge in [0.25, 0.3) is 0 Å². The van der Waals surface area contributed by atoms with Crippen molar-refractivity contribution in [3.05, 3.63) is 36.5 Å². The number of hydrogen-bond donors (Lipinski definition) is 0. The van der Waals surface area contributed by atoms with Crippen molar-refractivity contribution in [1.82, 2.24) is 0 Å². The molecule has 0 unspecified atom stereocenters. The van der Waals surface area contributed by atoms with Gasteiger partial charge in [0.2, 0.25) is 0 Å². The van der Waals surface area contributed by atoms with Crippen molar-refractivity contribution in [3.63, 3.8) is 0 Å². The highest BCUT2D eigenvalue weighted by Crippen LogP contribution is 2.01. The lowest BCUT2D eigenvalue weighted by Gasteiger charge is -1.71. The van der Waals surface area contributed by atoms with E-state index in [9.17, 15) is 9.59 Å². The van der Waals surface area contributed by atoms with Crippen molar-refractivity contribution in [2.45, 2.75) is 53.4 Å². The van der Waals surface area contributed by atoms with E-state index in [4.69, 9.17) is 0 Å². The van der Waals surface area contributed by atoms with Crippen molar-refractivity contribution in [1.29, 1.82) is 0 Å². The average Bonchev–Trinajstić information content (AvgIpc) is 3.06. The Morgan fingerprint density at radius 1 is 0.833 bits per heavy atom. The van der Waals surface area contributed by atoms with Crippen LogP contribution in [0.1, 0.15) is 53.4 Å². The first-order valence-electron chi connectivity index (χ1n) is 6.66. The van der Waals surface area contributed by atoms with Crippen molar-refractivity contribution in [2.24, 2.45) is 0 Å².